The van der Waals surface area contributed by atoms with E-state index in [-0.39, 0.29) is 17.9 Å². The molecule has 0 aliphatic carbocycles. The van der Waals surface area contributed by atoms with Gasteiger partial charge in [0.15, 0.2) is 6.61 Å². The van der Waals surface area contributed by atoms with Crippen molar-refractivity contribution in [1.82, 2.24) is 10.1 Å². The number of hydrogen-bond donors (Lipinski definition) is 1. The lowest BCUT2D eigenvalue weighted by Crippen LogP contribution is -2.04. The zero-order valence-electron chi connectivity index (χ0n) is 9.49. The van der Waals surface area contributed by atoms with Crippen molar-refractivity contribution in [3.63, 3.8) is 0 Å². The molecule has 0 bridgehead atoms. The molecule has 7 nitrogen and oxygen atoms in total. The Hall–Kier alpha value is -2.57. The van der Waals surface area contributed by atoms with Crippen LogP contribution in [0.25, 0.3) is 0 Å². The third-order valence-electron chi connectivity index (χ3n) is 2.18. The molecule has 7 heteroatoms. The molecule has 0 saturated heterocycles. The predicted molar refractivity (Wildman–Crippen MR) is 58.6 cm³/mol. The van der Waals surface area contributed by atoms with Crippen LogP contribution in [0.1, 0.15) is 16.2 Å². The molecule has 0 unspecified atom stereocenters. The molecule has 2 aromatic rings. The van der Waals surface area contributed by atoms with Crippen LogP contribution in [-0.2, 0) is 6.61 Å². The maximum atomic E-state index is 11.0. The van der Waals surface area contributed by atoms with E-state index in [2.05, 4.69) is 14.7 Å². The SMILES string of the molecule is COc1ccc(C(=O)O)c(OCc2ncon2)c1. The maximum absolute atomic E-state index is 11.0. The van der Waals surface area contributed by atoms with Crippen molar-refractivity contribution in [2.75, 3.05) is 7.11 Å². The summed E-state index contributed by atoms with van der Waals surface area (Å²) in [5.74, 6) is -0.0651. The van der Waals surface area contributed by atoms with E-state index in [1.807, 2.05) is 0 Å². The molecule has 0 amide bonds. The van der Waals surface area contributed by atoms with Crippen molar-refractivity contribution in [2.24, 2.45) is 0 Å². The van der Waals surface area contributed by atoms with Crippen molar-refractivity contribution in [1.29, 1.82) is 0 Å². The molecule has 2 rings (SSSR count). The summed E-state index contributed by atoms with van der Waals surface area (Å²) in [4.78, 5) is 14.8. The Bertz CT molecular complexity index is 538. The second-order valence-electron chi connectivity index (χ2n) is 3.30. The lowest BCUT2D eigenvalue weighted by atomic mass is 10.2. The van der Waals surface area contributed by atoms with Gasteiger partial charge in [-0.3, -0.25) is 0 Å². The topological polar surface area (TPSA) is 94.7 Å². The van der Waals surface area contributed by atoms with Gasteiger partial charge in [0.2, 0.25) is 12.2 Å². The predicted octanol–water partition coefficient (Wildman–Crippen LogP) is 1.36. The second-order valence-corrected chi connectivity index (χ2v) is 3.30. The Morgan fingerprint density at radius 1 is 1.50 bits per heavy atom. The Balaban J connectivity index is 2.20. The fraction of sp³-hybridized carbons (Fsp3) is 0.182. The zero-order chi connectivity index (χ0) is 13.0. The van der Waals surface area contributed by atoms with Gasteiger partial charge in [-0.25, -0.2) is 4.79 Å². The summed E-state index contributed by atoms with van der Waals surface area (Å²) >= 11 is 0. The minimum atomic E-state index is -1.08. The standard InChI is InChI=1S/C11H10N2O5/c1-16-7-2-3-8(11(14)15)9(4-7)17-5-10-12-6-18-13-10/h2-4,6H,5H2,1H3,(H,14,15). The smallest absolute Gasteiger partial charge is 0.339 e. The highest BCUT2D eigenvalue weighted by atomic mass is 16.5. The molecule has 0 atom stereocenters. The third-order valence-corrected chi connectivity index (χ3v) is 2.18. The molecule has 0 radical (unpaired) electrons. The van der Waals surface area contributed by atoms with E-state index in [9.17, 15) is 4.79 Å². The van der Waals surface area contributed by atoms with Crippen LogP contribution in [0.15, 0.2) is 29.1 Å². The Labute approximate surface area is 102 Å². The van der Waals surface area contributed by atoms with E-state index in [1.165, 1.54) is 25.6 Å². The van der Waals surface area contributed by atoms with E-state index >= 15 is 0 Å². The molecule has 1 heterocycles. The Morgan fingerprint density at radius 3 is 2.94 bits per heavy atom. The van der Waals surface area contributed by atoms with Crippen LogP contribution >= 0.6 is 0 Å². The highest BCUT2D eigenvalue weighted by Gasteiger charge is 2.13. The van der Waals surface area contributed by atoms with Gasteiger partial charge < -0.3 is 19.1 Å². The van der Waals surface area contributed by atoms with Gasteiger partial charge in [0.1, 0.15) is 17.1 Å². The third kappa shape index (κ3) is 2.57. The summed E-state index contributed by atoms with van der Waals surface area (Å²) in [6.07, 6.45) is 1.17. The van der Waals surface area contributed by atoms with Gasteiger partial charge in [-0.1, -0.05) is 5.16 Å². The number of aromatic carboxylic acids is 1. The van der Waals surface area contributed by atoms with Crippen molar-refractivity contribution < 1.29 is 23.9 Å². The van der Waals surface area contributed by atoms with E-state index in [4.69, 9.17) is 14.6 Å². The molecule has 18 heavy (non-hydrogen) atoms. The number of methoxy groups -OCH3 is 1. The Kier molecular flexibility index (Phi) is 3.42. The molecule has 1 N–H and O–H groups in total. The van der Waals surface area contributed by atoms with E-state index in [0.29, 0.717) is 11.6 Å². The second kappa shape index (κ2) is 5.17. The zero-order valence-corrected chi connectivity index (χ0v) is 9.49. The average Bonchev–Trinajstić information content (AvgIpc) is 2.88. The number of carboxylic acids is 1. The van der Waals surface area contributed by atoms with Crippen LogP contribution in [0, 0.1) is 0 Å². The summed E-state index contributed by atoms with van der Waals surface area (Å²) < 4.78 is 14.9. The quantitative estimate of drug-likeness (QED) is 0.855. The van der Waals surface area contributed by atoms with Gasteiger partial charge in [-0.05, 0) is 12.1 Å². The number of nitrogens with zero attached hydrogens (tertiary/aromatic N) is 2. The number of carbonyl (C=O) groups is 1. The number of aromatic nitrogens is 2. The minimum Gasteiger partial charge on any atom is -0.497 e. The summed E-state index contributed by atoms with van der Waals surface area (Å²) in [6, 6.07) is 4.45. The highest BCUT2D eigenvalue weighted by Crippen LogP contribution is 2.25. The molecule has 0 fully saturated rings. The number of hydrogen-bond acceptors (Lipinski definition) is 6. The maximum Gasteiger partial charge on any atom is 0.339 e. The number of ether oxygens (including phenoxy) is 2. The van der Waals surface area contributed by atoms with Gasteiger partial charge >= 0.3 is 5.97 Å². The van der Waals surface area contributed by atoms with Gasteiger partial charge in [-0.2, -0.15) is 4.98 Å². The minimum absolute atomic E-state index is 0.0178. The first-order valence-electron chi connectivity index (χ1n) is 5.00. The molecular weight excluding hydrogens is 240 g/mol. The van der Waals surface area contributed by atoms with E-state index in [1.54, 1.807) is 6.07 Å². The monoisotopic (exact) mass is 250 g/mol. The van der Waals surface area contributed by atoms with Crippen molar-refractivity contribution >= 4 is 5.97 Å². The molecule has 1 aromatic carbocycles. The van der Waals surface area contributed by atoms with Gasteiger partial charge in [-0.15, -0.1) is 0 Å². The van der Waals surface area contributed by atoms with Crippen LogP contribution in [0.3, 0.4) is 0 Å². The lowest BCUT2D eigenvalue weighted by Gasteiger charge is -2.09. The summed E-state index contributed by atoms with van der Waals surface area (Å²) in [5.41, 5.74) is 0.0410. The van der Waals surface area contributed by atoms with Crippen LogP contribution < -0.4 is 9.47 Å². The van der Waals surface area contributed by atoms with Crippen LogP contribution in [0.2, 0.25) is 0 Å². The molecular formula is C11H10N2O5. The van der Waals surface area contributed by atoms with Crippen molar-refractivity contribution in [3.8, 4) is 11.5 Å². The summed E-state index contributed by atoms with van der Waals surface area (Å²) in [7, 11) is 1.48. The highest BCUT2D eigenvalue weighted by molar-refractivity contribution is 5.91. The van der Waals surface area contributed by atoms with Crippen molar-refractivity contribution in [2.45, 2.75) is 6.61 Å². The van der Waals surface area contributed by atoms with Crippen molar-refractivity contribution in [3.05, 3.63) is 36.0 Å². The molecule has 0 aliphatic rings. The first-order valence-corrected chi connectivity index (χ1v) is 5.00. The number of rotatable bonds is 5. The van der Waals surface area contributed by atoms with Gasteiger partial charge in [0.05, 0.1) is 7.11 Å². The molecule has 94 valence electrons. The summed E-state index contributed by atoms with van der Waals surface area (Å²) in [6.45, 7) is 0.0178. The summed E-state index contributed by atoms with van der Waals surface area (Å²) in [5, 5.41) is 12.6. The van der Waals surface area contributed by atoms with Gasteiger partial charge in [0, 0.05) is 6.07 Å². The first-order chi connectivity index (χ1) is 8.70. The van der Waals surface area contributed by atoms with Crippen LogP contribution in [0.4, 0.5) is 0 Å². The fourth-order valence-corrected chi connectivity index (χ4v) is 1.32. The lowest BCUT2D eigenvalue weighted by molar-refractivity contribution is 0.0691. The normalized spacial score (nSPS) is 10.1. The molecule has 0 spiro atoms. The Morgan fingerprint density at radius 2 is 2.33 bits per heavy atom. The average molecular weight is 250 g/mol. The first kappa shape index (κ1) is 11.9. The van der Waals surface area contributed by atoms with Crippen LogP contribution in [-0.4, -0.2) is 28.3 Å². The van der Waals surface area contributed by atoms with E-state index in [0.717, 1.165) is 0 Å². The fourth-order valence-electron chi connectivity index (χ4n) is 1.32. The van der Waals surface area contributed by atoms with Crippen LogP contribution in [0.5, 0.6) is 11.5 Å². The van der Waals surface area contributed by atoms with Gasteiger partial charge in [0.25, 0.3) is 0 Å². The largest absolute Gasteiger partial charge is 0.497 e. The van der Waals surface area contributed by atoms with E-state index < -0.39 is 5.97 Å². The molecule has 0 saturated carbocycles. The number of carboxylic acid groups (broad SMARTS) is 1. The molecule has 0 aliphatic heterocycles. The number of benzene rings is 1. The molecule has 1 aromatic heterocycles.